The molecule has 0 aliphatic rings. The minimum absolute atomic E-state index is 0.00660. The molecular formula is C38H39ClN2O8. The van der Waals surface area contributed by atoms with Gasteiger partial charge in [-0.3, -0.25) is 24.1 Å². The highest BCUT2D eigenvalue weighted by Crippen LogP contribution is 2.31. The molecule has 10 nitrogen and oxygen atoms in total. The number of nitrogens with zero attached hydrogens (tertiary/aromatic N) is 1. The minimum Gasteiger partial charge on any atom is -0.465 e. The largest absolute Gasteiger partial charge is 0.465 e. The fourth-order valence-electron chi connectivity index (χ4n) is 5.24. The molecule has 0 saturated carbocycles. The van der Waals surface area contributed by atoms with E-state index >= 15 is 0 Å². The summed E-state index contributed by atoms with van der Waals surface area (Å²) < 4.78 is 16.1. The molecule has 0 aliphatic heterocycles. The lowest BCUT2D eigenvalue weighted by Crippen LogP contribution is -2.50. The zero-order chi connectivity index (χ0) is 35.6. The van der Waals surface area contributed by atoms with Crippen LogP contribution in [0.15, 0.2) is 97.1 Å². The number of nitrogens with one attached hydrogen (secondary N) is 1. The van der Waals surface area contributed by atoms with Gasteiger partial charge >= 0.3 is 17.9 Å². The third-order valence-electron chi connectivity index (χ3n) is 7.77. The minimum atomic E-state index is -2.04. The van der Waals surface area contributed by atoms with Crippen molar-refractivity contribution in [1.82, 2.24) is 4.90 Å². The molecule has 0 fully saturated rings. The molecule has 4 aromatic rings. The van der Waals surface area contributed by atoms with Gasteiger partial charge in [0.2, 0.25) is 5.41 Å². The van der Waals surface area contributed by atoms with Crippen molar-refractivity contribution in [2.24, 2.45) is 0 Å². The predicted molar refractivity (Wildman–Crippen MR) is 186 cm³/mol. The Labute approximate surface area is 290 Å². The molecule has 0 radical (unpaired) electrons. The van der Waals surface area contributed by atoms with Gasteiger partial charge in [-0.1, -0.05) is 78.3 Å². The fraction of sp³-hybridized carbons (Fsp3) is 0.263. The lowest BCUT2D eigenvalue weighted by molar-refractivity contribution is -0.170. The van der Waals surface area contributed by atoms with Crippen LogP contribution in [-0.4, -0.2) is 67.7 Å². The number of hydrogen-bond acceptors (Lipinski definition) is 9. The number of carbonyl (C=O) groups excluding carboxylic acids is 4. The summed E-state index contributed by atoms with van der Waals surface area (Å²) in [4.78, 5) is 55.0. The fourth-order valence-corrected chi connectivity index (χ4v) is 5.36. The topological polar surface area (TPSA) is 131 Å². The third-order valence-corrected chi connectivity index (χ3v) is 8.02. The standard InChI is InChI=1S/C38H39ClN2O8/c1-5-47-36(45)38(37(46)48-6-2,27-12-8-7-9-13-27)24-49-33(42)23-25-16-21-32(31(22-25)35(44)41(3)4)40-34(43)30-15-11-10-14-29(30)26-17-19-28(39)20-18-26/h7-22,35,44H,5-6,23-24H2,1-4H3,(H,40,43). The van der Waals surface area contributed by atoms with Gasteiger partial charge in [0.25, 0.3) is 5.91 Å². The molecule has 49 heavy (non-hydrogen) atoms. The van der Waals surface area contributed by atoms with Gasteiger partial charge in [0.05, 0.1) is 19.6 Å². The first-order chi connectivity index (χ1) is 23.5. The van der Waals surface area contributed by atoms with Gasteiger partial charge in [-0.15, -0.1) is 0 Å². The number of carbonyl (C=O) groups is 4. The first-order valence-corrected chi connectivity index (χ1v) is 16.1. The van der Waals surface area contributed by atoms with Crippen molar-refractivity contribution in [3.63, 3.8) is 0 Å². The van der Waals surface area contributed by atoms with Gasteiger partial charge < -0.3 is 24.6 Å². The molecule has 0 heterocycles. The van der Waals surface area contributed by atoms with Crippen LogP contribution in [0.3, 0.4) is 0 Å². The monoisotopic (exact) mass is 686 g/mol. The zero-order valence-corrected chi connectivity index (χ0v) is 28.5. The predicted octanol–water partition coefficient (Wildman–Crippen LogP) is 5.96. The van der Waals surface area contributed by atoms with Gasteiger partial charge in [0, 0.05) is 21.8 Å². The van der Waals surface area contributed by atoms with Gasteiger partial charge in [0.15, 0.2) is 0 Å². The second-order valence-electron chi connectivity index (χ2n) is 11.3. The Hall–Kier alpha value is -5.03. The molecule has 4 aromatic carbocycles. The van der Waals surface area contributed by atoms with Gasteiger partial charge in [-0.2, -0.15) is 0 Å². The van der Waals surface area contributed by atoms with Crippen molar-refractivity contribution >= 4 is 41.1 Å². The molecule has 1 amide bonds. The van der Waals surface area contributed by atoms with Crippen LogP contribution in [-0.2, 0) is 40.4 Å². The number of aliphatic hydroxyl groups excluding tert-OH is 1. The number of hydrogen-bond donors (Lipinski definition) is 2. The van der Waals surface area contributed by atoms with Crippen LogP contribution in [0, 0.1) is 0 Å². The van der Waals surface area contributed by atoms with Crippen molar-refractivity contribution < 1.29 is 38.5 Å². The van der Waals surface area contributed by atoms with E-state index < -0.39 is 42.1 Å². The summed E-state index contributed by atoms with van der Waals surface area (Å²) in [5.74, 6) is -2.95. The van der Waals surface area contributed by atoms with Crippen LogP contribution in [0.25, 0.3) is 11.1 Å². The van der Waals surface area contributed by atoms with Crippen molar-refractivity contribution in [2.75, 3.05) is 39.2 Å². The number of amides is 1. The van der Waals surface area contributed by atoms with Gasteiger partial charge in [0.1, 0.15) is 12.8 Å². The van der Waals surface area contributed by atoms with E-state index in [2.05, 4.69) is 5.32 Å². The second-order valence-corrected chi connectivity index (χ2v) is 11.8. The van der Waals surface area contributed by atoms with E-state index in [4.69, 9.17) is 25.8 Å². The molecule has 0 aromatic heterocycles. The summed E-state index contributed by atoms with van der Waals surface area (Å²) >= 11 is 6.06. The molecule has 2 N–H and O–H groups in total. The molecular weight excluding hydrogens is 648 g/mol. The molecule has 4 rings (SSSR count). The van der Waals surface area contributed by atoms with Crippen LogP contribution < -0.4 is 5.32 Å². The Morgan fingerprint density at radius 1 is 0.816 bits per heavy atom. The van der Waals surface area contributed by atoms with E-state index in [0.717, 1.165) is 5.56 Å². The van der Waals surface area contributed by atoms with Crippen molar-refractivity contribution in [2.45, 2.75) is 31.9 Å². The molecule has 0 spiro atoms. The first kappa shape index (κ1) is 36.8. The quantitative estimate of drug-likeness (QED) is 0.0714. The molecule has 0 saturated heterocycles. The Balaban J connectivity index is 1.59. The van der Waals surface area contributed by atoms with Crippen LogP contribution in [0.1, 0.15) is 47.1 Å². The third kappa shape index (κ3) is 8.72. The number of esters is 3. The van der Waals surface area contributed by atoms with E-state index in [1.807, 2.05) is 24.3 Å². The number of anilines is 1. The smallest absolute Gasteiger partial charge is 0.331 e. The Kier molecular flexibility index (Phi) is 12.7. The summed E-state index contributed by atoms with van der Waals surface area (Å²) in [5.41, 5.74) is 1.26. The van der Waals surface area contributed by atoms with Crippen LogP contribution in [0.5, 0.6) is 0 Å². The highest BCUT2D eigenvalue weighted by atomic mass is 35.5. The maximum absolute atomic E-state index is 13.6. The zero-order valence-electron chi connectivity index (χ0n) is 27.8. The average Bonchev–Trinajstić information content (AvgIpc) is 3.10. The molecule has 1 unspecified atom stereocenters. The number of halogens is 1. The SMILES string of the molecule is CCOC(=O)C(COC(=O)Cc1ccc(NC(=O)c2ccccc2-c2ccc(Cl)cc2)c(C(O)N(C)C)c1)(C(=O)OCC)c1ccccc1. The summed E-state index contributed by atoms with van der Waals surface area (Å²) in [6.07, 6.45) is -1.41. The van der Waals surface area contributed by atoms with Crippen molar-refractivity contribution in [3.05, 3.63) is 124 Å². The van der Waals surface area contributed by atoms with E-state index in [1.54, 1.807) is 106 Å². The molecule has 256 valence electrons. The van der Waals surface area contributed by atoms with E-state index in [9.17, 15) is 24.3 Å². The van der Waals surface area contributed by atoms with Gasteiger partial charge in [-0.25, -0.2) is 0 Å². The number of aliphatic hydroxyl groups is 1. The van der Waals surface area contributed by atoms with Crippen molar-refractivity contribution in [3.8, 4) is 11.1 Å². The number of benzene rings is 4. The van der Waals surface area contributed by atoms with E-state index in [1.165, 1.54) is 0 Å². The highest BCUT2D eigenvalue weighted by molar-refractivity contribution is 6.30. The summed E-state index contributed by atoms with van der Waals surface area (Å²) in [6, 6.07) is 27.2. The Morgan fingerprint density at radius 3 is 2.04 bits per heavy atom. The van der Waals surface area contributed by atoms with Crippen LogP contribution in [0.4, 0.5) is 5.69 Å². The molecule has 1 atom stereocenters. The Bertz CT molecular complexity index is 1760. The van der Waals surface area contributed by atoms with Gasteiger partial charge in [-0.05, 0) is 80.5 Å². The molecule has 11 heteroatoms. The first-order valence-electron chi connectivity index (χ1n) is 15.7. The van der Waals surface area contributed by atoms with Crippen molar-refractivity contribution in [1.29, 1.82) is 0 Å². The summed E-state index contributed by atoms with van der Waals surface area (Å²) in [6.45, 7) is 2.55. The lowest BCUT2D eigenvalue weighted by atomic mass is 9.81. The van der Waals surface area contributed by atoms with Crippen LogP contribution in [0.2, 0.25) is 5.02 Å². The average molecular weight is 687 g/mol. The highest BCUT2D eigenvalue weighted by Gasteiger charge is 2.52. The van der Waals surface area contributed by atoms with E-state index in [-0.39, 0.29) is 25.2 Å². The van der Waals surface area contributed by atoms with E-state index in [0.29, 0.717) is 33.0 Å². The number of ether oxygens (including phenoxy) is 3. The summed E-state index contributed by atoms with van der Waals surface area (Å²) in [7, 11) is 3.34. The molecule has 0 aliphatic carbocycles. The normalized spacial score (nSPS) is 11.8. The maximum Gasteiger partial charge on any atom is 0.331 e. The van der Waals surface area contributed by atoms with Crippen LogP contribution >= 0.6 is 11.6 Å². The lowest BCUT2D eigenvalue weighted by Gasteiger charge is -2.29. The summed E-state index contributed by atoms with van der Waals surface area (Å²) in [5, 5.41) is 14.6. The molecule has 0 bridgehead atoms. The Morgan fingerprint density at radius 2 is 1.43 bits per heavy atom. The number of rotatable bonds is 14. The second kappa shape index (κ2) is 16.9. The maximum atomic E-state index is 13.6.